The highest BCUT2D eigenvalue weighted by molar-refractivity contribution is 6.39. The highest BCUT2D eigenvalue weighted by Crippen LogP contribution is 2.39. The number of carboxylic acids is 1. The number of aliphatic hydroxyl groups excluding tert-OH is 1. The summed E-state index contributed by atoms with van der Waals surface area (Å²) < 4.78 is 11.0. The first-order valence-electron chi connectivity index (χ1n) is 10.2. The van der Waals surface area contributed by atoms with Crippen LogP contribution in [0.1, 0.15) is 21.5 Å². The molecule has 0 saturated heterocycles. The van der Waals surface area contributed by atoms with Crippen LogP contribution in [0.3, 0.4) is 0 Å². The molecule has 0 aliphatic rings. The third-order valence-electron chi connectivity index (χ3n) is 5.22. The van der Waals surface area contributed by atoms with Crippen molar-refractivity contribution >= 4 is 35.1 Å². The van der Waals surface area contributed by atoms with Crippen molar-refractivity contribution in [3.05, 3.63) is 81.3 Å². The maximum Gasteiger partial charge on any atom is 0.326 e. The Labute approximate surface area is 206 Å². The first kappa shape index (κ1) is 25.4. The Morgan fingerprint density at radius 1 is 0.941 bits per heavy atom. The molecule has 9 heteroatoms. The molecule has 0 unspecified atom stereocenters. The van der Waals surface area contributed by atoms with Crippen molar-refractivity contribution < 1.29 is 29.3 Å². The summed E-state index contributed by atoms with van der Waals surface area (Å²) in [6, 6.07) is 14.0. The molecule has 0 spiro atoms. The zero-order valence-electron chi connectivity index (χ0n) is 18.5. The van der Waals surface area contributed by atoms with Gasteiger partial charge in [0.25, 0.3) is 5.91 Å². The van der Waals surface area contributed by atoms with Gasteiger partial charge in [-0.1, -0.05) is 53.5 Å². The summed E-state index contributed by atoms with van der Waals surface area (Å²) in [6.07, 6.45) is 0.0428. The Bertz CT molecular complexity index is 1150. The van der Waals surface area contributed by atoms with Gasteiger partial charge in [0.15, 0.2) is 0 Å². The zero-order chi connectivity index (χ0) is 24.8. The lowest BCUT2D eigenvalue weighted by molar-refractivity contribution is -0.139. The minimum Gasteiger partial charge on any atom is -0.496 e. The van der Waals surface area contributed by atoms with Crippen molar-refractivity contribution in [2.45, 2.75) is 19.1 Å². The Balaban J connectivity index is 1.84. The van der Waals surface area contributed by atoms with E-state index in [1.54, 1.807) is 42.5 Å². The van der Waals surface area contributed by atoms with E-state index in [1.807, 2.05) is 0 Å². The Morgan fingerprint density at radius 3 is 1.97 bits per heavy atom. The number of methoxy groups -OCH3 is 2. The first-order valence-corrected chi connectivity index (χ1v) is 11.0. The van der Waals surface area contributed by atoms with Gasteiger partial charge in [0.2, 0.25) is 0 Å². The summed E-state index contributed by atoms with van der Waals surface area (Å²) in [7, 11) is 3.05. The number of hydrogen-bond donors (Lipinski definition) is 3. The molecule has 3 N–H and O–H groups in total. The normalized spacial score (nSPS) is 11.6. The smallest absolute Gasteiger partial charge is 0.326 e. The number of carbonyl (C=O) groups is 2. The Hall–Kier alpha value is -3.26. The van der Waals surface area contributed by atoms with Crippen molar-refractivity contribution in [1.82, 2.24) is 5.32 Å². The van der Waals surface area contributed by atoms with Crippen LogP contribution < -0.4 is 14.8 Å². The van der Waals surface area contributed by atoms with E-state index in [0.29, 0.717) is 28.2 Å². The summed E-state index contributed by atoms with van der Waals surface area (Å²) in [5.74, 6) is -0.798. The quantitative estimate of drug-likeness (QED) is 0.394. The van der Waals surface area contributed by atoms with Gasteiger partial charge in [0, 0.05) is 6.42 Å². The van der Waals surface area contributed by atoms with E-state index in [0.717, 1.165) is 5.56 Å². The fourth-order valence-corrected chi connectivity index (χ4v) is 4.10. The van der Waals surface area contributed by atoms with Crippen molar-refractivity contribution in [3.63, 3.8) is 0 Å². The van der Waals surface area contributed by atoms with E-state index in [1.165, 1.54) is 26.4 Å². The second kappa shape index (κ2) is 11.2. The van der Waals surface area contributed by atoms with E-state index in [9.17, 15) is 19.8 Å². The fourth-order valence-electron chi connectivity index (χ4n) is 3.53. The van der Waals surface area contributed by atoms with Crippen molar-refractivity contribution in [2.24, 2.45) is 0 Å². The van der Waals surface area contributed by atoms with Gasteiger partial charge in [-0.05, 0) is 41.0 Å². The van der Waals surface area contributed by atoms with Gasteiger partial charge < -0.3 is 25.0 Å². The number of rotatable bonds is 9. The van der Waals surface area contributed by atoms with Gasteiger partial charge in [-0.2, -0.15) is 0 Å². The largest absolute Gasteiger partial charge is 0.496 e. The van der Waals surface area contributed by atoms with Gasteiger partial charge in [0.05, 0.1) is 42.0 Å². The first-order chi connectivity index (χ1) is 16.3. The van der Waals surface area contributed by atoms with Crippen LogP contribution >= 0.6 is 23.2 Å². The van der Waals surface area contributed by atoms with Gasteiger partial charge in [-0.15, -0.1) is 0 Å². The van der Waals surface area contributed by atoms with Crippen LogP contribution in [-0.4, -0.2) is 42.4 Å². The van der Waals surface area contributed by atoms with Gasteiger partial charge in [0.1, 0.15) is 17.5 Å². The van der Waals surface area contributed by atoms with Crippen LogP contribution in [0.2, 0.25) is 10.0 Å². The topological polar surface area (TPSA) is 105 Å². The van der Waals surface area contributed by atoms with E-state index in [2.05, 4.69) is 5.32 Å². The number of carbonyl (C=O) groups excluding carboxylic acids is 1. The SMILES string of the molecule is COc1cc(CO)cc(OC)c1-c1ccc(C[C@H](NC(=O)c2c(Cl)cccc2Cl)C(=O)O)cc1. The Morgan fingerprint density at radius 2 is 1.50 bits per heavy atom. The van der Waals surface area contributed by atoms with E-state index in [4.69, 9.17) is 32.7 Å². The molecule has 34 heavy (non-hydrogen) atoms. The lowest BCUT2D eigenvalue weighted by Crippen LogP contribution is -2.42. The van der Waals surface area contributed by atoms with Crippen LogP contribution in [0.15, 0.2) is 54.6 Å². The predicted octanol–water partition coefficient (Wildman–Crippen LogP) is 4.60. The number of hydrogen-bond acceptors (Lipinski definition) is 5. The second-order valence-electron chi connectivity index (χ2n) is 7.40. The van der Waals surface area contributed by atoms with Crippen LogP contribution in [0.5, 0.6) is 11.5 Å². The number of aliphatic carboxylic acids is 1. The van der Waals surface area contributed by atoms with E-state index in [-0.39, 0.29) is 28.6 Å². The van der Waals surface area contributed by atoms with Crippen molar-refractivity contribution in [1.29, 1.82) is 0 Å². The highest BCUT2D eigenvalue weighted by Gasteiger charge is 2.24. The molecular formula is C25H23Cl2NO6. The number of aliphatic hydroxyl groups is 1. The molecule has 0 fully saturated rings. The zero-order valence-corrected chi connectivity index (χ0v) is 20.0. The van der Waals surface area contributed by atoms with Crippen molar-refractivity contribution in [3.8, 4) is 22.6 Å². The summed E-state index contributed by atoms with van der Waals surface area (Å²) in [5.41, 5.74) is 2.84. The summed E-state index contributed by atoms with van der Waals surface area (Å²) in [4.78, 5) is 24.5. The van der Waals surface area contributed by atoms with Crippen LogP contribution in [0, 0.1) is 0 Å². The van der Waals surface area contributed by atoms with Crippen LogP contribution in [0.4, 0.5) is 0 Å². The molecular weight excluding hydrogens is 481 g/mol. The third kappa shape index (κ3) is 5.62. The molecule has 0 saturated carbocycles. The molecule has 7 nitrogen and oxygen atoms in total. The summed E-state index contributed by atoms with van der Waals surface area (Å²) >= 11 is 12.1. The molecule has 3 rings (SSSR count). The molecule has 0 heterocycles. The second-order valence-corrected chi connectivity index (χ2v) is 8.21. The number of nitrogens with one attached hydrogen (secondary N) is 1. The molecule has 1 atom stereocenters. The van der Waals surface area contributed by atoms with Gasteiger partial charge in [-0.3, -0.25) is 4.79 Å². The summed E-state index contributed by atoms with van der Waals surface area (Å²) in [5, 5.41) is 21.9. The average molecular weight is 504 g/mol. The third-order valence-corrected chi connectivity index (χ3v) is 5.85. The molecule has 3 aromatic carbocycles. The van der Waals surface area contributed by atoms with Crippen LogP contribution in [0.25, 0.3) is 11.1 Å². The molecule has 1 amide bonds. The monoisotopic (exact) mass is 503 g/mol. The number of ether oxygens (including phenoxy) is 2. The Kier molecular flexibility index (Phi) is 8.39. The van der Waals surface area contributed by atoms with Crippen molar-refractivity contribution in [2.75, 3.05) is 14.2 Å². The molecule has 0 bridgehead atoms. The van der Waals surface area contributed by atoms with Gasteiger partial charge >= 0.3 is 5.97 Å². The maximum absolute atomic E-state index is 12.6. The number of benzene rings is 3. The molecule has 178 valence electrons. The minimum atomic E-state index is -1.20. The number of amides is 1. The predicted molar refractivity (Wildman–Crippen MR) is 130 cm³/mol. The van der Waals surface area contributed by atoms with Crippen LogP contribution in [-0.2, 0) is 17.8 Å². The molecule has 0 radical (unpaired) electrons. The molecule has 0 aliphatic heterocycles. The number of halogens is 2. The molecule has 3 aromatic rings. The summed E-state index contributed by atoms with van der Waals surface area (Å²) in [6.45, 7) is -0.159. The van der Waals surface area contributed by atoms with E-state index < -0.39 is 17.9 Å². The lowest BCUT2D eigenvalue weighted by Gasteiger charge is -2.17. The lowest BCUT2D eigenvalue weighted by atomic mass is 9.98. The molecule has 0 aliphatic carbocycles. The number of carboxylic acid groups (broad SMARTS) is 1. The average Bonchev–Trinajstić information content (AvgIpc) is 2.83. The highest BCUT2D eigenvalue weighted by atomic mass is 35.5. The standard InChI is InChI=1S/C25H23Cl2NO6/c1-33-20-11-15(13-29)12-21(34-2)22(20)16-8-6-14(7-9-16)10-19(25(31)32)28-24(30)23-17(26)4-3-5-18(23)27/h3-9,11-12,19,29H,10,13H2,1-2H3,(H,28,30)(H,31,32)/t19-/m0/s1. The minimum absolute atomic E-state index is 0.0259. The van der Waals surface area contributed by atoms with Gasteiger partial charge in [-0.25, -0.2) is 4.79 Å². The fraction of sp³-hybridized carbons (Fsp3) is 0.200. The maximum atomic E-state index is 12.6. The molecule has 0 aromatic heterocycles. The van der Waals surface area contributed by atoms with E-state index >= 15 is 0 Å².